The van der Waals surface area contributed by atoms with Crippen LogP contribution in [0.15, 0.2) is 24.3 Å². The number of aromatic hydroxyl groups is 1. The fraction of sp³-hybridized carbons (Fsp3) is 0.538. The van der Waals surface area contributed by atoms with Crippen LogP contribution in [-0.2, 0) is 35.2 Å². The van der Waals surface area contributed by atoms with Gasteiger partial charge in [-0.15, -0.1) is 0 Å². The zero-order valence-electron chi connectivity index (χ0n) is 22.7. The number of carbonyl (C=O) groups excluding carboxylic acids is 6. The smallest absolute Gasteiger partial charge is 0.246 e. The Bertz CT molecular complexity index is 1160. The van der Waals surface area contributed by atoms with Gasteiger partial charge in [0.2, 0.25) is 35.4 Å². The number of likely N-dealkylation sites (tertiary alicyclic amines) is 2. The molecule has 41 heavy (non-hydrogen) atoms. The number of rotatable bonds is 11. The molecule has 15 nitrogen and oxygen atoms in total. The first-order valence-corrected chi connectivity index (χ1v) is 13.3. The maximum absolute atomic E-state index is 13.5. The van der Waals surface area contributed by atoms with E-state index in [0.29, 0.717) is 18.4 Å². The number of aliphatic hydroxyl groups is 1. The summed E-state index contributed by atoms with van der Waals surface area (Å²) in [5.41, 5.74) is 11.4. The Hall–Kier alpha value is -4.24. The van der Waals surface area contributed by atoms with Gasteiger partial charge in [-0.1, -0.05) is 12.1 Å². The zero-order valence-corrected chi connectivity index (χ0v) is 22.7. The van der Waals surface area contributed by atoms with Gasteiger partial charge in [-0.25, -0.2) is 0 Å². The standard InChI is InChI=1S/C26H37N7O8/c1-14(30-21(36)11-27)24(39)29-12-22(37)33-13-17(35)10-20(33)26(41)32-8-2-3-19(32)25(40)31-18(23(28)38)9-15-4-6-16(34)7-5-15/h4-7,14,17-20,34-35H,2-3,8-13,27H2,1H3,(H2,28,38)(H,29,39)(H,30,36)(H,31,40)/t14-,17+,18-,19+,20+/m0/s1. The molecule has 2 saturated heterocycles. The molecule has 0 unspecified atom stereocenters. The Morgan fingerprint density at radius 1 is 1.05 bits per heavy atom. The maximum atomic E-state index is 13.5. The molecule has 2 heterocycles. The third kappa shape index (κ3) is 8.14. The molecule has 0 aliphatic carbocycles. The van der Waals surface area contributed by atoms with Gasteiger partial charge in [-0.2, -0.15) is 0 Å². The second-order valence-corrected chi connectivity index (χ2v) is 10.2. The minimum absolute atomic E-state index is 0.0446. The van der Waals surface area contributed by atoms with E-state index in [1.165, 1.54) is 28.9 Å². The van der Waals surface area contributed by atoms with Gasteiger partial charge in [0.05, 0.1) is 19.2 Å². The van der Waals surface area contributed by atoms with Crippen molar-refractivity contribution in [2.45, 2.75) is 62.9 Å². The molecule has 3 rings (SSSR count). The van der Waals surface area contributed by atoms with Crippen LogP contribution in [0.25, 0.3) is 0 Å². The molecule has 0 spiro atoms. The largest absolute Gasteiger partial charge is 0.508 e. The molecule has 0 bridgehead atoms. The van der Waals surface area contributed by atoms with Gasteiger partial charge >= 0.3 is 0 Å². The van der Waals surface area contributed by atoms with E-state index in [9.17, 15) is 39.0 Å². The zero-order chi connectivity index (χ0) is 30.3. The van der Waals surface area contributed by atoms with E-state index in [2.05, 4.69) is 16.0 Å². The molecule has 1 aromatic rings. The third-order valence-electron chi connectivity index (χ3n) is 7.13. The normalized spacial score (nSPS) is 21.6. The van der Waals surface area contributed by atoms with Crippen LogP contribution in [0, 0.1) is 0 Å². The summed E-state index contributed by atoms with van der Waals surface area (Å²) in [6.45, 7) is 0.750. The van der Waals surface area contributed by atoms with E-state index >= 15 is 0 Å². The average molecular weight is 576 g/mol. The van der Waals surface area contributed by atoms with Crippen molar-refractivity contribution >= 4 is 35.4 Å². The van der Waals surface area contributed by atoms with E-state index in [1.807, 2.05) is 0 Å². The minimum Gasteiger partial charge on any atom is -0.508 e. The summed E-state index contributed by atoms with van der Waals surface area (Å²) >= 11 is 0. The molecule has 15 heteroatoms. The summed E-state index contributed by atoms with van der Waals surface area (Å²) < 4.78 is 0. The van der Waals surface area contributed by atoms with Crippen molar-refractivity contribution in [1.29, 1.82) is 0 Å². The fourth-order valence-corrected chi connectivity index (χ4v) is 4.96. The van der Waals surface area contributed by atoms with Crippen LogP contribution in [0.1, 0.15) is 31.7 Å². The lowest BCUT2D eigenvalue weighted by molar-refractivity contribution is -0.146. The number of hydrogen-bond acceptors (Lipinski definition) is 9. The predicted molar refractivity (Wildman–Crippen MR) is 143 cm³/mol. The van der Waals surface area contributed by atoms with E-state index in [1.54, 1.807) is 12.1 Å². The van der Waals surface area contributed by atoms with Gasteiger partial charge in [0.15, 0.2) is 0 Å². The molecule has 0 aromatic heterocycles. The lowest BCUT2D eigenvalue weighted by atomic mass is 10.0. The molecule has 9 N–H and O–H groups in total. The molecule has 0 saturated carbocycles. The molecule has 2 aliphatic heterocycles. The van der Waals surface area contributed by atoms with Crippen LogP contribution >= 0.6 is 0 Å². The fourth-order valence-electron chi connectivity index (χ4n) is 4.96. The van der Waals surface area contributed by atoms with Crippen LogP contribution < -0.4 is 27.4 Å². The summed E-state index contributed by atoms with van der Waals surface area (Å²) in [5, 5.41) is 27.1. The number of nitrogens with zero attached hydrogens (tertiary/aromatic N) is 2. The summed E-state index contributed by atoms with van der Waals surface area (Å²) in [4.78, 5) is 77.9. The molecule has 224 valence electrons. The Labute approximate surface area is 236 Å². The van der Waals surface area contributed by atoms with Gasteiger partial charge in [-0.3, -0.25) is 28.8 Å². The topological polar surface area (TPSA) is 237 Å². The van der Waals surface area contributed by atoms with Crippen molar-refractivity contribution in [3.63, 3.8) is 0 Å². The van der Waals surface area contributed by atoms with Gasteiger partial charge < -0.3 is 47.4 Å². The molecule has 1 aromatic carbocycles. The van der Waals surface area contributed by atoms with E-state index in [4.69, 9.17) is 11.5 Å². The number of nitrogens with two attached hydrogens (primary N) is 2. The van der Waals surface area contributed by atoms with Crippen molar-refractivity contribution in [3.8, 4) is 5.75 Å². The molecular weight excluding hydrogens is 538 g/mol. The SMILES string of the molecule is C[C@H](NC(=O)CN)C(=O)NCC(=O)N1C[C@H](O)C[C@@H]1C(=O)N1CCC[C@@H]1C(=O)N[C@@H](Cc1ccc(O)cc1)C(N)=O. The number of β-amino-alcohol motifs (C(OH)–C–C–N with tert-alkyl or cyclic N) is 1. The molecule has 6 amide bonds. The summed E-state index contributed by atoms with van der Waals surface area (Å²) in [5.74, 6) is -3.61. The highest BCUT2D eigenvalue weighted by atomic mass is 16.3. The van der Waals surface area contributed by atoms with Crippen LogP contribution in [0.4, 0.5) is 0 Å². The van der Waals surface area contributed by atoms with E-state index in [-0.39, 0.29) is 38.2 Å². The molecule has 5 atom stereocenters. The monoisotopic (exact) mass is 575 g/mol. The molecule has 2 fully saturated rings. The first-order chi connectivity index (χ1) is 19.4. The Morgan fingerprint density at radius 2 is 1.73 bits per heavy atom. The first kappa shape index (κ1) is 31.3. The number of hydrogen-bond donors (Lipinski definition) is 7. The maximum Gasteiger partial charge on any atom is 0.246 e. The van der Waals surface area contributed by atoms with Crippen molar-refractivity contribution in [3.05, 3.63) is 29.8 Å². The number of nitrogens with one attached hydrogen (secondary N) is 3. The number of aliphatic hydroxyl groups excluding tert-OH is 1. The highest BCUT2D eigenvalue weighted by Crippen LogP contribution is 2.25. The Balaban J connectivity index is 1.63. The average Bonchev–Trinajstić information content (AvgIpc) is 3.59. The van der Waals surface area contributed by atoms with Crippen molar-refractivity contribution in [2.75, 3.05) is 26.2 Å². The highest BCUT2D eigenvalue weighted by molar-refractivity contribution is 5.96. The number of primary amides is 1. The number of carbonyl (C=O) groups is 6. The van der Waals surface area contributed by atoms with Gasteiger partial charge in [0.25, 0.3) is 0 Å². The van der Waals surface area contributed by atoms with Crippen LogP contribution in [0.2, 0.25) is 0 Å². The van der Waals surface area contributed by atoms with Gasteiger partial charge in [-0.05, 0) is 37.5 Å². The second kappa shape index (κ2) is 13.9. The summed E-state index contributed by atoms with van der Waals surface area (Å²) in [7, 11) is 0. The first-order valence-electron chi connectivity index (χ1n) is 13.3. The number of phenols is 1. The van der Waals surface area contributed by atoms with E-state index < -0.39 is 72.3 Å². The van der Waals surface area contributed by atoms with Crippen LogP contribution in [0.5, 0.6) is 5.75 Å². The quantitative estimate of drug-likeness (QED) is 0.138. The van der Waals surface area contributed by atoms with E-state index in [0.717, 1.165) is 0 Å². The second-order valence-electron chi connectivity index (χ2n) is 10.2. The minimum atomic E-state index is -1.06. The summed E-state index contributed by atoms with van der Waals surface area (Å²) in [6, 6.07) is 2.12. The summed E-state index contributed by atoms with van der Waals surface area (Å²) in [6.07, 6.45) is -0.107. The van der Waals surface area contributed by atoms with Crippen molar-refractivity contribution in [1.82, 2.24) is 25.8 Å². The molecular formula is C26H37N7O8. The van der Waals surface area contributed by atoms with Crippen molar-refractivity contribution in [2.24, 2.45) is 11.5 Å². The Kier molecular flexibility index (Phi) is 10.6. The lowest BCUT2D eigenvalue weighted by Crippen LogP contribution is -2.56. The van der Waals surface area contributed by atoms with Gasteiger partial charge in [0, 0.05) is 25.9 Å². The number of benzene rings is 1. The predicted octanol–water partition coefficient (Wildman–Crippen LogP) is -3.56. The molecule has 0 radical (unpaired) electrons. The van der Waals surface area contributed by atoms with Crippen molar-refractivity contribution < 1.29 is 39.0 Å². The van der Waals surface area contributed by atoms with Crippen LogP contribution in [-0.4, -0.2) is 112 Å². The van der Waals surface area contributed by atoms with Gasteiger partial charge in [0.1, 0.15) is 29.9 Å². The number of phenolic OH excluding ortho intramolecular Hbond substituents is 1. The molecule has 2 aliphatic rings. The lowest BCUT2D eigenvalue weighted by Gasteiger charge is -2.31. The highest BCUT2D eigenvalue weighted by Gasteiger charge is 2.45. The third-order valence-corrected chi connectivity index (χ3v) is 7.13. The van der Waals surface area contributed by atoms with Crippen LogP contribution in [0.3, 0.4) is 0 Å². The Morgan fingerprint density at radius 3 is 2.37 bits per heavy atom. The number of amides is 6.